The first-order valence-corrected chi connectivity index (χ1v) is 8.16. The fourth-order valence-electron chi connectivity index (χ4n) is 2.97. The molecule has 25 heavy (non-hydrogen) atoms. The van der Waals surface area contributed by atoms with Crippen molar-refractivity contribution in [2.45, 2.75) is 6.04 Å². The van der Waals surface area contributed by atoms with Gasteiger partial charge in [-0.3, -0.25) is 4.79 Å². The number of morpholine rings is 1. The van der Waals surface area contributed by atoms with Crippen LogP contribution in [0.15, 0.2) is 48.5 Å². The topological polar surface area (TPSA) is 48.0 Å². The monoisotopic (exact) mass is 335 g/mol. The van der Waals surface area contributed by atoms with Crippen molar-refractivity contribution in [1.82, 2.24) is 4.90 Å². The van der Waals surface area contributed by atoms with E-state index in [1.54, 1.807) is 17.0 Å². The van der Waals surface area contributed by atoms with Gasteiger partial charge in [0.25, 0.3) is 5.91 Å². The summed E-state index contributed by atoms with van der Waals surface area (Å²) in [5.41, 5.74) is 1.78. The van der Waals surface area contributed by atoms with Crippen molar-refractivity contribution in [3.63, 3.8) is 0 Å². The van der Waals surface area contributed by atoms with E-state index in [2.05, 4.69) is 11.8 Å². The maximum absolute atomic E-state index is 12.6. The molecule has 2 aliphatic rings. The van der Waals surface area contributed by atoms with E-state index >= 15 is 0 Å². The Bertz CT molecular complexity index is 838. The molecule has 0 radical (unpaired) electrons. The highest BCUT2D eigenvalue weighted by molar-refractivity contribution is 5.94. The van der Waals surface area contributed by atoms with E-state index < -0.39 is 0 Å². The molecule has 1 fully saturated rings. The molecule has 1 atom stereocenters. The summed E-state index contributed by atoms with van der Waals surface area (Å²) in [6.07, 6.45) is 0. The van der Waals surface area contributed by atoms with Gasteiger partial charge in [-0.1, -0.05) is 36.3 Å². The Kier molecular flexibility index (Phi) is 4.28. The molecule has 0 bridgehead atoms. The van der Waals surface area contributed by atoms with E-state index in [4.69, 9.17) is 14.2 Å². The number of rotatable bonds is 1. The molecular formula is C20H17NO4. The van der Waals surface area contributed by atoms with E-state index in [9.17, 15) is 4.79 Å². The lowest BCUT2D eigenvalue weighted by Crippen LogP contribution is -2.42. The Labute approximate surface area is 146 Å². The minimum absolute atomic E-state index is 0.103. The summed E-state index contributed by atoms with van der Waals surface area (Å²) >= 11 is 0. The first-order valence-electron chi connectivity index (χ1n) is 8.16. The third-order valence-electron chi connectivity index (χ3n) is 4.26. The van der Waals surface area contributed by atoms with Crippen LogP contribution in [0.1, 0.15) is 17.2 Å². The fraction of sp³-hybridized carbons (Fsp3) is 0.250. The van der Waals surface area contributed by atoms with E-state index in [-0.39, 0.29) is 18.7 Å². The molecule has 2 aromatic carbocycles. The Morgan fingerprint density at radius 1 is 1.08 bits per heavy atom. The third kappa shape index (κ3) is 3.30. The summed E-state index contributed by atoms with van der Waals surface area (Å²) < 4.78 is 16.2. The summed E-state index contributed by atoms with van der Waals surface area (Å²) in [5.74, 6) is 6.83. The molecule has 0 saturated carbocycles. The van der Waals surface area contributed by atoms with Gasteiger partial charge in [0, 0.05) is 18.0 Å². The van der Waals surface area contributed by atoms with Crippen LogP contribution in [0.4, 0.5) is 0 Å². The number of amides is 1. The predicted octanol–water partition coefficient (Wildman–Crippen LogP) is 2.37. The lowest BCUT2D eigenvalue weighted by Gasteiger charge is -2.34. The fourth-order valence-corrected chi connectivity index (χ4v) is 2.97. The van der Waals surface area contributed by atoms with Crippen LogP contribution in [0.25, 0.3) is 0 Å². The van der Waals surface area contributed by atoms with Gasteiger partial charge in [0.05, 0.1) is 19.3 Å². The molecule has 5 nitrogen and oxygen atoms in total. The summed E-state index contributed by atoms with van der Waals surface area (Å²) in [4.78, 5) is 14.4. The molecule has 2 aliphatic heterocycles. The van der Waals surface area contributed by atoms with E-state index in [0.29, 0.717) is 31.3 Å². The second-order valence-corrected chi connectivity index (χ2v) is 5.82. The summed E-state index contributed by atoms with van der Waals surface area (Å²) in [6.45, 7) is 1.77. The van der Waals surface area contributed by atoms with Crippen molar-refractivity contribution in [2.75, 3.05) is 26.6 Å². The van der Waals surface area contributed by atoms with Crippen molar-refractivity contribution < 1.29 is 19.0 Å². The first-order chi connectivity index (χ1) is 12.3. The number of fused-ring (bicyclic) bond motifs is 1. The number of hydrogen-bond acceptors (Lipinski definition) is 4. The molecule has 2 aromatic rings. The highest BCUT2D eigenvalue weighted by atomic mass is 16.7. The Hall–Kier alpha value is -2.97. The van der Waals surface area contributed by atoms with Crippen LogP contribution in [-0.2, 0) is 9.53 Å². The third-order valence-corrected chi connectivity index (χ3v) is 4.26. The average Bonchev–Trinajstić information content (AvgIpc) is 3.14. The van der Waals surface area contributed by atoms with Gasteiger partial charge in [-0.05, 0) is 23.8 Å². The molecule has 2 heterocycles. The predicted molar refractivity (Wildman–Crippen MR) is 91.2 cm³/mol. The van der Waals surface area contributed by atoms with Gasteiger partial charge in [0.1, 0.15) is 0 Å². The van der Waals surface area contributed by atoms with Crippen LogP contribution in [0.3, 0.4) is 0 Å². The van der Waals surface area contributed by atoms with Crippen molar-refractivity contribution >= 4 is 5.91 Å². The largest absolute Gasteiger partial charge is 0.454 e. The van der Waals surface area contributed by atoms with Gasteiger partial charge in [0.15, 0.2) is 11.5 Å². The van der Waals surface area contributed by atoms with Crippen molar-refractivity contribution in [3.8, 4) is 23.3 Å². The number of carbonyl (C=O) groups excluding carboxylic acids is 1. The second-order valence-electron chi connectivity index (χ2n) is 5.82. The Balaban J connectivity index is 1.53. The molecule has 1 saturated heterocycles. The van der Waals surface area contributed by atoms with Crippen LogP contribution in [-0.4, -0.2) is 37.4 Å². The zero-order chi connectivity index (χ0) is 17.1. The number of nitrogens with zero attached hydrogens (tertiary/aromatic N) is 1. The average molecular weight is 335 g/mol. The minimum atomic E-state index is -0.199. The molecule has 4 rings (SSSR count). The zero-order valence-corrected chi connectivity index (χ0v) is 13.6. The van der Waals surface area contributed by atoms with Gasteiger partial charge in [-0.2, -0.15) is 0 Å². The van der Waals surface area contributed by atoms with E-state index in [1.165, 1.54) is 0 Å². The number of benzene rings is 2. The SMILES string of the molecule is O=C(C#Cc1ccc2c(c1)OCO2)N1CCOCC1c1ccccc1. The molecule has 0 spiro atoms. The standard InChI is InChI=1S/C20H17NO4/c22-20(9-7-15-6-8-18-19(12-15)25-14-24-18)21-10-11-23-13-17(21)16-4-2-1-3-5-16/h1-6,8,12,17H,10-11,13-14H2. The molecule has 0 N–H and O–H groups in total. The summed E-state index contributed by atoms with van der Waals surface area (Å²) in [6, 6.07) is 15.2. The number of ether oxygens (including phenoxy) is 3. The van der Waals surface area contributed by atoms with Crippen molar-refractivity contribution in [1.29, 1.82) is 0 Å². The Morgan fingerprint density at radius 2 is 1.92 bits per heavy atom. The maximum Gasteiger partial charge on any atom is 0.299 e. The molecule has 0 aromatic heterocycles. The molecule has 1 amide bonds. The molecule has 5 heteroatoms. The summed E-state index contributed by atoms with van der Waals surface area (Å²) in [7, 11) is 0. The molecule has 126 valence electrons. The van der Waals surface area contributed by atoms with E-state index in [1.807, 2.05) is 36.4 Å². The van der Waals surface area contributed by atoms with Crippen molar-refractivity contribution in [2.24, 2.45) is 0 Å². The lowest BCUT2D eigenvalue weighted by molar-refractivity contribution is -0.133. The smallest absolute Gasteiger partial charge is 0.299 e. The quantitative estimate of drug-likeness (QED) is 0.751. The van der Waals surface area contributed by atoms with Crippen LogP contribution < -0.4 is 9.47 Å². The highest BCUT2D eigenvalue weighted by Crippen LogP contribution is 2.32. The van der Waals surface area contributed by atoms with Crippen LogP contribution in [0, 0.1) is 11.8 Å². The Morgan fingerprint density at radius 3 is 2.80 bits per heavy atom. The van der Waals surface area contributed by atoms with Gasteiger partial charge >= 0.3 is 0 Å². The minimum Gasteiger partial charge on any atom is -0.454 e. The normalized spacial score (nSPS) is 18.4. The molecule has 1 unspecified atom stereocenters. The number of carbonyl (C=O) groups is 1. The van der Waals surface area contributed by atoms with Crippen molar-refractivity contribution in [3.05, 3.63) is 59.7 Å². The van der Waals surface area contributed by atoms with Crippen LogP contribution in [0.2, 0.25) is 0 Å². The lowest BCUT2D eigenvalue weighted by atomic mass is 10.0. The van der Waals surface area contributed by atoms with Gasteiger partial charge in [0.2, 0.25) is 6.79 Å². The number of hydrogen-bond donors (Lipinski definition) is 0. The molecule has 0 aliphatic carbocycles. The highest BCUT2D eigenvalue weighted by Gasteiger charge is 2.27. The zero-order valence-electron chi connectivity index (χ0n) is 13.6. The molecular weight excluding hydrogens is 318 g/mol. The van der Waals surface area contributed by atoms with Crippen LogP contribution >= 0.6 is 0 Å². The first kappa shape index (κ1) is 15.6. The van der Waals surface area contributed by atoms with Crippen LogP contribution in [0.5, 0.6) is 11.5 Å². The second kappa shape index (κ2) is 6.88. The summed E-state index contributed by atoms with van der Waals surface area (Å²) in [5, 5.41) is 0. The van der Waals surface area contributed by atoms with Gasteiger partial charge in [-0.25, -0.2) is 0 Å². The van der Waals surface area contributed by atoms with Gasteiger partial charge in [-0.15, -0.1) is 0 Å². The maximum atomic E-state index is 12.6. The van der Waals surface area contributed by atoms with E-state index in [0.717, 1.165) is 11.1 Å². The van der Waals surface area contributed by atoms with Gasteiger partial charge < -0.3 is 19.1 Å².